The highest BCUT2D eigenvalue weighted by molar-refractivity contribution is 5.93. The van der Waals surface area contributed by atoms with Crippen molar-refractivity contribution in [3.8, 4) is 0 Å². The first-order chi connectivity index (χ1) is 10.1. The van der Waals surface area contributed by atoms with Gasteiger partial charge in [0.1, 0.15) is 0 Å². The minimum absolute atomic E-state index is 0.0240. The van der Waals surface area contributed by atoms with Crippen LogP contribution in [0.5, 0.6) is 0 Å². The van der Waals surface area contributed by atoms with Crippen LogP contribution in [0.3, 0.4) is 0 Å². The van der Waals surface area contributed by atoms with E-state index in [-0.39, 0.29) is 12.5 Å². The summed E-state index contributed by atoms with van der Waals surface area (Å²) in [5.41, 5.74) is 1.84. The molecular formula is C17H27N2O2. The fraction of sp³-hybridized carbons (Fsp3) is 0.588. The summed E-state index contributed by atoms with van der Waals surface area (Å²) in [4.78, 5) is 12.5. The van der Waals surface area contributed by atoms with Gasteiger partial charge in [0.25, 0.3) is 5.91 Å². The average Bonchev–Trinajstić information content (AvgIpc) is 2.52. The third-order valence-electron chi connectivity index (χ3n) is 3.60. The van der Waals surface area contributed by atoms with Gasteiger partial charge in [-0.2, -0.15) is 0 Å². The van der Waals surface area contributed by atoms with Gasteiger partial charge < -0.3 is 0 Å². The normalized spacial score (nSPS) is 10.9. The van der Waals surface area contributed by atoms with Gasteiger partial charge in [-0.3, -0.25) is 9.80 Å². The zero-order valence-electron chi connectivity index (χ0n) is 13.5. The van der Waals surface area contributed by atoms with Crippen LogP contribution in [0.15, 0.2) is 24.3 Å². The molecule has 1 aromatic rings. The van der Waals surface area contributed by atoms with Crippen molar-refractivity contribution in [3.63, 3.8) is 0 Å². The van der Waals surface area contributed by atoms with E-state index < -0.39 is 0 Å². The molecule has 0 aliphatic rings. The number of benzene rings is 1. The summed E-state index contributed by atoms with van der Waals surface area (Å²) in [5, 5.41) is 14.2. The van der Waals surface area contributed by atoms with Gasteiger partial charge in [-0.15, -0.1) is 0 Å². The monoisotopic (exact) mass is 291 g/mol. The number of hydrogen-bond acceptors (Lipinski definition) is 2. The first-order valence-corrected chi connectivity index (χ1v) is 7.84. The fourth-order valence-electron chi connectivity index (χ4n) is 2.38. The van der Waals surface area contributed by atoms with Crippen LogP contribution in [-0.4, -0.2) is 42.7 Å². The standard InChI is InChI=1S/C17H27N2O2/c1-4-12-19(5-2)18(3)17(21)16-11-8-10-15(14-16)9-6-7-13-20/h8,10-11,14H,4-7,9,12-13H2,1-3H3. The second kappa shape index (κ2) is 9.53. The predicted octanol–water partition coefficient (Wildman–Crippen LogP) is 3.16. The molecular weight excluding hydrogens is 264 g/mol. The van der Waals surface area contributed by atoms with Gasteiger partial charge in [0.05, 0.1) is 6.61 Å². The highest BCUT2D eigenvalue weighted by atomic mass is 16.2. The lowest BCUT2D eigenvalue weighted by atomic mass is 10.0. The third kappa shape index (κ3) is 5.48. The number of hydrazine groups is 1. The summed E-state index contributed by atoms with van der Waals surface area (Å²) in [7, 11) is 1.82. The number of hydrogen-bond donors (Lipinski definition) is 0. The summed E-state index contributed by atoms with van der Waals surface area (Å²) >= 11 is 0. The Morgan fingerprint density at radius 3 is 2.57 bits per heavy atom. The molecule has 4 heteroatoms. The van der Waals surface area contributed by atoms with E-state index >= 15 is 0 Å². The molecule has 1 rings (SSSR count). The van der Waals surface area contributed by atoms with Gasteiger partial charge in [-0.25, -0.2) is 10.1 Å². The van der Waals surface area contributed by atoms with Crippen molar-refractivity contribution in [1.29, 1.82) is 0 Å². The Morgan fingerprint density at radius 1 is 1.19 bits per heavy atom. The Balaban J connectivity index is 2.74. The highest BCUT2D eigenvalue weighted by Gasteiger charge is 2.17. The number of nitrogens with zero attached hydrogens (tertiary/aromatic N) is 2. The number of aryl methyl sites for hydroxylation is 1. The molecule has 0 saturated heterocycles. The smallest absolute Gasteiger partial charge is 0.267 e. The van der Waals surface area contributed by atoms with Crippen molar-refractivity contribution in [2.45, 2.75) is 39.5 Å². The minimum Gasteiger partial charge on any atom is -0.274 e. The summed E-state index contributed by atoms with van der Waals surface area (Å²) in [5.74, 6) is 0.0241. The van der Waals surface area contributed by atoms with E-state index in [0.29, 0.717) is 12.0 Å². The molecule has 21 heavy (non-hydrogen) atoms. The molecule has 0 spiro atoms. The zero-order chi connectivity index (χ0) is 15.7. The molecule has 117 valence electrons. The molecule has 0 unspecified atom stereocenters. The van der Waals surface area contributed by atoms with E-state index in [1.54, 1.807) is 5.01 Å². The van der Waals surface area contributed by atoms with Gasteiger partial charge >= 0.3 is 0 Å². The summed E-state index contributed by atoms with van der Waals surface area (Å²) in [6, 6.07) is 7.74. The Bertz CT molecular complexity index is 435. The van der Waals surface area contributed by atoms with E-state index in [2.05, 4.69) is 13.8 Å². The Labute approximate surface area is 128 Å². The third-order valence-corrected chi connectivity index (χ3v) is 3.60. The molecule has 1 radical (unpaired) electrons. The van der Waals surface area contributed by atoms with Crippen LogP contribution >= 0.6 is 0 Å². The quantitative estimate of drug-likeness (QED) is 0.518. The van der Waals surface area contributed by atoms with E-state index in [1.807, 2.05) is 36.3 Å². The lowest BCUT2D eigenvalue weighted by molar-refractivity contribution is 0.00876. The SMILES string of the molecule is CCCN(CC)N(C)C(=O)c1cccc(CCCC[O])c1. The molecule has 0 N–H and O–H groups in total. The second-order valence-electron chi connectivity index (χ2n) is 5.24. The maximum atomic E-state index is 12.5. The second-order valence-corrected chi connectivity index (χ2v) is 5.24. The van der Waals surface area contributed by atoms with Crippen molar-refractivity contribution in [1.82, 2.24) is 10.0 Å². The van der Waals surface area contributed by atoms with Crippen LogP contribution in [0, 0.1) is 0 Å². The lowest BCUT2D eigenvalue weighted by Crippen LogP contribution is -2.44. The topological polar surface area (TPSA) is 43.5 Å². The van der Waals surface area contributed by atoms with Gasteiger partial charge in [0.2, 0.25) is 0 Å². The molecule has 0 aromatic heterocycles. The van der Waals surface area contributed by atoms with Crippen LogP contribution in [0.25, 0.3) is 0 Å². The molecule has 4 nitrogen and oxygen atoms in total. The first-order valence-electron chi connectivity index (χ1n) is 7.84. The van der Waals surface area contributed by atoms with Crippen LogP contribution < -0.4 is 0 Å². The Hall–Kier alpha value is -1.39. The lowest BCUT2D eigenvalue weighted by Gasteiger charge is -2.30. The largest absolute Gasteiger partial charge is 0.274 e. The van der Waals surface area contributed by atoms with Crippen molar-refractivity contribution < 1.29 is 9.90 Å². The Kier molecular flexibility index (Phi) is 8.01. The first kappa shape index (κ1) is 17.7. The number of carbonyl (C=O) groups excluding carboxylic acids is 1. The summed E-state index contributed by atoms with van der Waals surface area (Å²) < 4.78 is 0. The maximum Gasteiger partial charge on any atom is 0.267 e. The minimum atomic E-state index is -0.0240. The summed E-state index contributed by atoms with van der Waals surface area (Å²) in [6.45, 7) is 5.83. The van der Waals surface area contributed by atoms with Crippen LogP contribution in [-0.2, 0) is 11.5 Å². The highest BCUT2D eigenvalue weighted by Crippen LogP contribution is 2.12. The van der Waals surface area contributed by atoms with Crippen molar-refractivity contribution in [2.75, 3.05) is 26.7 Å². The van der Waals surface area contributed by atoms with Crippen molar-refractivity contribution >= 4 is 5.91 Å². The van der Waals surface area contributed by atoms with E-state index in [9.17, 15) is 9.90 Å². The number of unbranched alkanes of at least 4 members (excludes halogenated alkanes) is 1. The van der Waals surface area contributed by atoms with E-state index in [1.165, 1.54) is 0 Å². The number of carbonyl (C=O) groups is 1. The van der Waals surface area contributed by atoms with E-state index in [4.69, 9.17) is 0 Å². The van der Waals surface area contributed by atoms with Gasteiger partial charge in [-0.1, -0.05) is 26.0 Å². The molecule has 0 aliphatic carbocycles. The van der Waals surface area contributed by atoms with Gasteiger partial charge in [0.15, 0.2) is 0 Å². The number of amides is 1. The molecule has 0 aliphatic heterocycles. The van der Waals surface area contributed by atoms with Crippen LogP contribution in [0.1, 0.15) is 49.0 Å². The molecule has 0 heterocycles. The van der Waals surface area contributed by atoms with Crippen LogP contribution in [0.2, 0.25) is 0 Å². The van der Waals surface area contributed by atoms with E-state index in [0.717, 1.165) is 37.9 Å². The molecule has 0 saturated carbocycles. The fourth-order valence-corrected chi connectivity index (χ4v) is 2.38. The van der Waals surface area contributed by atoms with Crippen molar-refractivity contribution in [3.05, 3.63) is 35.4 Å². The summed E-state index contributed by atoms with van der Waals surface area (Å²) in [6.07, 6.45) is 3.45. The molecule has 0 fully saturated rings. The molecule has 1 amide bonds. The molecule has 1 aromatic carbocycles. The number of rotatable bonds is 9. The zero-order valence-corrected chi connectivity index (χ0v) is 13.5. The van der Waals surface area contributed by atoms with Crippen LogP contribution in [0.4, 0.5) is 0 Å². The van der Waals surface area contributed by atoms with Gasteiger partial charge in [-0.05, 0) is 43.4 Å². The molecule has 0 bridgehead atoms. The van der Waals surface area contributed by atoms with Gasteiger partial charge in [0, 0.05) is 25.7 Å². The van der Waals surface area contributed by atoms with Crippen molar-refractivity contribution in [2.24, 2.45) is 0 Å². The Morgan fingerprint density at radius 2 is 1.95 bits per heavy atom. The predicted molar refractivity (Wildman–Crippen MR) is 84.6 cm³/mol. The average molecular weight is 291 g/mol. The molecule has 0 atom stereocenters. The maximum absolute atomic E-state index is 12.5.